The number of urea groups is 1. The van der Waals surface area contributed by atoms with Crippen LogP contribution in [-0.2, 0) is 0 Å². The Kier molecular flexibility index (Phi) is 5.20. The molecule has 0 radical (unpaired) electrons. The number of benzene rings is 2. The molecule has 1 aliphatic heterocycles. The van der Waals surface area contributed by atoms with Gasteiger partial charge in [-0.15, -0.1) is 0 Å². The average Bonchev–Trinajstić information content (AvgIpc) is 3.40. The predicted molar refractivity (Wildman–Crippen MR) is 110 cm³/mol. The van der Waals surface area contributed by atoms with Gasteiger partial charge < -0.3 is 19.5 Å². The molecule has 2 aromatic carbocycles. The number of aryl methyl sites for hydroxylation is 2. The van der Waals surface area contributed by atoms with Gasteiger partial charge in [-0.2, -0.15) is 4.98 Å². The molecule has 0 spiro atoms. The van der Waals surface area contributed by atoms with E-state index < -0.39 is 0 Å². The lowest BCUT2D eigenvalue weighted by Crippen LogP contribution is -2.34. The number of methoxy groups -OCH3 is 1. The van der Waals surface area contributed by atoms with Crippen molar-refractivity contribution in [1.29, 1.82) is 0 Å². The van der Waals surface area contributed by atoms with Crippen LogP contribution in [0.5, 0.6) is 5.75 Å². The Morgan fingerprint density at radius 3 is 2.83 bits per heavy atom. The van der Waals surface area contributed by atoms with E-state index >= 15 is 0 Å². The molecule has 1 aliphatic rings. The number of nitrogens with zero attached hydrogens (tertiary/aromatic N) is 3. The third kappa shape index (κ3) is 3.81. The highest BCUT2D eigenvalue weighted by molar-refractivity contribution is 5.90. The molecule has 150 valence electrons. The molecule has 1 atom stereocenters. The summed E-state index contributed by atoms with van der Waals surface area (Å²) in [5, 5.41) is 7.10. The monoisotopic (exact) mass is 392 g/mol. The summed E-state index contributed by atoms with van der Waals surface area (Å²) in [4.78, 5) is 19.2. The van der Waals surface area contributed by atoms with E-state index in [0.29, 0.717) is 24.0 Å². The first-order valence-corrected chi connectivity index (χ1v) is 9.68. The largest absolute Gasteiger partial charge is 0.496 e. The van der Waals surface area contributed by atoms with Crippen LogP contribution in [0.4, 0.5) is 10.5 Å². The minimum absolute atomic E-state index is 0.159. The maximum atomic E-state index is 12.9. The van der Waals surface area contributed by atoms with E-state index in [1.54, 1.807) is 12.0 Å². The lowest BCUT2D eigenvalue weighted by Gasteiger charge is -2.22. The number of nitrogens with one attached hydrogen (secondary N) is 1. The zero-order valence-corrected chi connectivity index (χ0v) is 16.8. The lowest BCUT2D eigenvalue weighted by atomic mass is 10.1. The van der Waals surface area contributed by atoms with Crippen molar-refractivity contribution in [2.75, 3.05) is 19.0 Å². The molecule has 1 N–H and O–H groups in total. The predicted octanol–water partition coefficient (Wildman–Crippen LogP) is 4.73. The highest BCUT2D eigenvalue weighted by Gasteiger charge is 2.34. The molecule has 0 saturated carbocycles. The molecule has 7 nitrogen and oxygen atoms in total. The SMILES string of the molecule is COc1ccccc1-c1noc(C2CCCN2C(=O)Nc2ccc(C)c(C)c2)n1. The summed E-state index contributed by atoms with van der Waals surface area (Å²) in [5.74, 6) is 1.58. The molecule has 0 bridgehead atoms. The molecular formula is C22H24N4O3. The van der Waals surface area contributed by atoms with Gasteiger partial charge in [-0.3, -0.25) is 0 Å². The molecule has 2 amide bonds. The van der Waals surface area contributed by atoms with Gasteiger partial charge in [0.2, 0.25) is 11.7 Å². The van der Waals surface area contributed by atoms with Crippen LogP contribution in [0, 0.1) is 13.8 Å². The van der Waals surface area contributed by atoms with Crippen LogP contribution in [0.3, 0.4) is 0 Å². The topological polar surface area (TPSA) is 80.5 Å². The summed E-state index contributed by atoms with van der Waals surface area (Å²) in [5.41, 5.74) is 3.87. The van der Waals surface area contributed by atoms with Crippen LogP contribution < -0.4 is 10.1 Å². The van der Waals surface area contributed by atoms with Crippen LogP contribution in [0.2, 0.25) is 0 Å². The van der Waals surface area contributed by atoms with Gasteiger partial charge in [-0.25, -0.2) is 4.79 Å². The van der Waals surface area contributed by atoms with E-state index in [4.69, 9.17) is 9.26 Å². The molecular weight excluding hydrogens is 368 g/mol. The van der Waals surface area contributed by atoms with Crippen LogP contribution in [0.25, 0.3) is 11.4 Å². The Labute approximate surface area is 169 Å². The molecule has 2 heterocycles. The number of aromatic nitrogens is 2. The number of carbonyl (C=O) groups is 1. The van der Waals surface area contributed by atoms with E-state index in [2.05, 4.69) is 15.5 Å². The number of hydrogen-bond acceptors (Lipinski definition) is 5. The second-order valence-electron chi connectivity index (χ2n) is 7.24. The third-order valence-corrected chi connectivity index (χ3v) is 5.35. The first kappa shape index (κ1) is 19.0. The highest BCUT2D eigenvalue weighted by Crippen LogP contribution is 2.34. The van der Waals surface area contributed by atoms with Crippen molar-refractivity contribution in [3.8, 4) is 17.1 Å². The first-order valence-electron chi connectivity index (χ1n) is 9.68. The van der Waals surface area contributed by atoms with Gasteiger partial charge in [-0.05, 0) is 62.1 Å². The van der Waals surface area contributed by atoms with Gasteiger partial charge in [0, 0.05) is 12.2 Å². The van der Waals surface area contributed by atoms with Crippen LogP contribution in [0.1, 0.15) is 35.9 Å². The van der Waals surface area contributed by atoms with Crippen molar-refractivity contribution < 1.29 is 14.1 Å². The van der Waals surface area contributed by atoms with E-state index in [1.807, 2.05) is 56.3 Å². The number of carbonyl (C=O) groups excluding carboxylic acids is 1. The van der Waals surface area contributed by atoms with Gasteiger partial charge in [0.05, 0.1) is 12.7 Å². The summed E-state index contributed by atoms with van der Waals surface area (Å²) < 4.78 is 10.9. The summed E-state index contributed by atoms with van der Waals surface area (Å²) in [6.45, 7) is 4.72. The summed E-state index contributed by atoms with van der Waals surface area (Å²) in [6.07, 6.45) is 1.67. The molecule has 3 aromatic rings. The molecule has 1 saturated heterocycles. The second kappa shape index (κ2) is 7.95. The van der Waals surface area contributed by atoms with Crippen LogP contribution in [0.15, 0.2) is 47.0 Å². The Morgan fingerprint density at radius 2 is 2.03 bits per heavy atom. The van der Waals surface area contributed by atoms with Gasteiger partial charge in [0.1, 0.15) is 11.8 Å². The minimum atomic E-state index is -0.238. The zero-order valence-electron chi connectivity index (χ0n) is 16.8. The highest BCUT2D eigenvalue weighted by atomic mass is 16.5. The molecule has 1 aromatic heterocycles. The van der Waals surface area contributed by atoms with Crippen molar-refractivity contribution in [3.05, 3.63) is 59.5 Å². The molecule has 0 aliphatic carbocycles. The number of anilines is 1. The lowest BCUT2D eigenvalue weighted by molar-refractivity contribution is 0.193. The van der Waals surface area contributed by atoms with Crippen molar-refractivity contribution in [1.82, 2.24) is 15.0 Å². The van der Waals surface area contributed by atoms with Crippen molar-refractivity contribution in [2.45, 2.75) is 32.7 Å². The van der Waals surface area contributed by atoms with Crippen LogP contribution >= 0.6 is 0 Å². The first-order chi connectivity index (χ1) is 14.1. The van der Waals surface area contributed by atoms with Crippen molar-refractivity contribution in [2.24, 2.45) is 0 Å². The zero-order chi connectivity index (χ0) is 20.4. The minimum Gasteiger partial charge on any atom is -0.496 e. The van der Waals surface area contributed by atoms with Gasteiger partial charge in [0.25, 0.3) is 0 Å². The fourth-order valence-corrected chi connectivity index (χ4v) is 3.59. The standard InChI is InChI=1S/C22H24N4O3/c1-14-10-11-16(13-15(14)2)23-22(27)26-12-6-8-18(26)21-24-20(25-29-21)17-7-4-5-9-19(17)28-3/h4-5,7,9-11,13,18H,6,8,12H2,1-3H3,(H,23,27). The number of likely N-dealkylation sites (tertiary alicyclic amines) is 1. The van der Waals surface area contributed by atoms with Gasteiger partial charge >= 0.3 is 6.03 Å². The van der Waals surface area contributed by atoms with E-state index in [9.17, 15) is 4.79 Å². The molecule has 1 unspecified atom stereocenters. The summed E-state index contributed by atoms with van der Waals surface area (Å²) >= 11 is 0. The Hall–Kier alpha value is -3.35. The summed E-state index contributed by atoms with van der Waals surface area (Å²) in [6, 6.07) is 13.0. The fourth-order valence-electron chi connectivity index (χ4n) is 3.59. The van der Waals surface area contributed by atoms with Crippen molar-refractivity contribution >= 4 is 11.7 Å². The van der Waals surface area contributed by atoms with E-state index in [1.165, 1.54) is 5.56 Å². The maximum absolute atomic E-state index is 12.9. The molecule has 7 heteroatoms. The smallest absolute Gasteiger partial charge is 0.322 e. The quantitative estimate of drug-likeness (QED) is 0.694. The fraction of sp³-hybridized carbons (Fsp3) is 0.318. The third-order valence-electron chi connectivity index (χ3n) is 5.35. The summed E-state index contributed by atoms with van der Waals surface area (Å²) in [7, 11) is 1.61. The Bertz CT molecular complexity index is 1030. The van der Waals surface area contributed by atoms with Crippen LogP contribution in [-0.4, -0.2) is 34.7 Å². The average molecular weight is 392 g/mol. The number of hydrogen-bond donors (Lipinski definition) is 1. The number of para-hydroxylation sites is 1. The number of ether oxygens (including phenoxy) is 1. The van der Waals surface area contributed by atoms with E-state index in [0.717, 1.165) is 29.7 Å². The number of rotatable bonds is 4. The second-order valence-corrected chi connectivity index (χ2v) is 7.24. The molecule has 1 fully saturated rings. The molecule has 29 heavy (non-hydrogen) atoms. The Balaban J connectivity index is 1.53. The Morgan fingerprint density at radius 1 is 1.21 bits per heavy atom. The maximum Gasteiger partial charge on any atom is 0.322 e. The normalized spacial score (nSPS) is 16.1. The van der Waals surface area contributed by atoms with Crippen molar-refractivity contribution in [3.63, 3.8) is 0 Å². The van der Waals surface area contributed by atoms with E-state index in [-0.39, 0.29) is 12.1 Å². The van der Waals surface area contributed by atoms with Gasteiger partial charge in [-0.1, -0.05) is 23.4 Å². The van der Waals surface area contributed by atoms with Gasteiger partial charge in [0.15, 0.2) is 0 Å². The molecule has 4 rings (SSSR count). The number of amides is 2.